The molecule has 3 N–H and O–H groups in total. The Balaban J connectivity index is 2.06. The molecule has 0 bridgehead atoms. The smallest absolute Gasteiger partial charge is 0.508 e. The highest BCUT2D eigenvalue weighted by Crippen LogP contribution is 2.36. The van der Waals surface area contributed by atoms with Crippen LogP contribution in [0.25, 0.3) is 11.1 Å². The predicted molar refractivity (Wildman–Crippen MR) is 111 cm³/mol. The number of nitrogens with two attached hydrogens (primary N) is 1. The van der Waals surface area contributed by atoms with Crippen molar-refractivity contribution in [3.05, 3.63) is 71.0 Å². The molecule has 2 aromatic carbocycles. The van der Waals surface area contributed by atoms with Gasteiger partial charge >= 0.3 is 6.36 Å². The molecule has 0 saturated carbocycles. The molecule has 1 heterocycles. The summed E-state index contributed by atoms with van der Waals surface area (Å²) in [5, 5.41) is 9.45. The van der Waals surface area contributed by atoms with Crippen molar-refractivity contribution in [3.8, 4) is 22.6 Å². The first-order valence-corrected chi connectivity index (χ1v) is 9.76. The van der Waals surface area contributed by atoms with Crippen LogP contribution in [0.2, 0.25) is 0 Å². The summed E-state index contributed by atoms with van der Waals surface area (Å²) in [6.45, 7) is 4.23. The van der Waals surface area contributed by atoms with Crippen LogP contribution in [-0.4, -0.2) is 21.9 Å². The summed E-state index contributed by atoms with van der Waals surface area (Å²) in [4.78, 5) is 12.3. The second kappa shape index (κ2) is 8.75. The maximum atomic E-state index is 12.7. The van der Waals surface area contributed by atoms with Crippen LogP contribution in [0.3, 0.4) is 0 Å². The first-order chi connectivity index (χ1) is 14.6. The number of benzene rings is 2. The van der Waals surface area contributed by atoms with Crippen LogP contribution in [0.5, 0.6) is 11.5 Å². The Morgan fingerprint density at radius 2 is 1.84 bits per heavy atom. The van der Waals surface area contributed by atoms with Crippen LogP contribution in [-0.2, 0) is 19.4 Å². The second-order valence-corrected chi connectivity index (χ2v) is 7.14. The van der Waals surface area contributed by atoms with Crippen molar-refractivity contribution in [2.45, 2.75) is 39.6 Å². The van der Waals surface area contributed by atoms with Gasteiger partial charge in [-0.2, -0.15) is 0 Å². The molecule has 0 aliphatic heterocycles. The summed E-state index contributed by atoms with van der Waals surface area (Å²) in [5.74, 6) is -0.834. The Hall–Kier alpha value is -3.42. The third kappa shape index (κ3) is 5.02. The molecule has 3 rings (SSSR count). The first kappa shape index (κ1) is 22.3. The summed E-state index contributed by atoms with van der Waals surface area (Å²) in [7, 11) is 0. The number of aromatic hydroxyl groups is 1. The van der Waals surface area contributed by atoms with E-state index >= 15 is 0 Å². The number of phenolic OH excluding ortho intramolecular Hbond substituents is 1. The molecule has 0 aliphatic rings. The van der Waals surface area contributed by atoms with Gasteiger partial charge in [0, 0.05) is 23.5 Å². The van der Waals surface area contributed by atoms with Crippen molar-refractivity contribution in [2.75, 3.05) is 0 Å². The van der Waals surface area contributed by atoms with Crippen LogP contribution >= 0.6 is 0 Å². The summed E-state index contributed by atoms with van der Waals surface area (Å²) in [5.41, 5.74) is 9.34. The number of hydrogen-bond acceptors (Lipinski definition) is 3. The molecule has 0 radical (unpaired) electrons. The van der Waals surface area contributed by atoms with Gasteiger partial charge in [0.2, 0.25) is 0 Å². The van der Waals surface area contributed by atoms with Crippen LogP contribution in [0, 0.1) is 6.92 Å². The van der Waals surface area contributed by atoms with Crippen LogP contribution in [0.4, 0.5) is 13.2 Å². The first-order valence-electron chi connectivity index (χ1n) is 9.76. The number of ether oxygens (including phenoxy) is 1. The lowest BCUT2D eigenvalue weighted by Gasteiger charge is -2.13. The third-order valence-corrected chi connectivity index (χ3v) is 5.13. The average molecular weight is 432 g/mol. The van der Waals surface area contributed by atoms with Crippen molar-refractivity contribution < 1.29 is 27.8 Å². The van der Waals surface area contributed by atoms with E-state index in [2.05, 4.69) is 4.74 Å². The molecule has 8 heteroatoms. The number of aryl methyl sites for hydroxylation is 1. The summed E-state index contributed by atoms with van der Waals surface area (Å²) in [6, 6.07) is 12.4. The summed E-state index contributed by atoms with van der Waals surface area (Å²) in [6.07, 6.45) is -3.63. The molecule has 0 aliphatic carbocycles. The normalized spacial score (nSPS) is 11.5. The zero-order valence-corrected chi connectivity index (χ0v) is 17.2. The van der Waals surface area contributed by atoms with Gasteiger partial charge in [-0.15, -0.1) is 13.2 Å². The number of primary amides is 1. The zero-order valence-electron chi connectivity index (χ0n) is 17.2. The minimum Gasteiger partial charge on any atom is -0.508 e. The van der Waals surface area contributed by atoms with Gasteiger partial charge in [0.25, 0.3) is 5.91 Å². The molecule has 1 amide bonds. The molecular formula is C23H23F3N2O3. The molecular weight excluding hydrogens is 409 g/mol. The van der Waals surface area contributed by atoms with E-state index in [1.54, 1.807) is 25.1 Å². The van der Waals surface area contributed by atoms with Crippen molar-refractivity contribution in [3.63, 3.8) is 0 Å². The standard InChI is InChI=1S/C23H23F3N2O3/c1-3-19-21(16-5-4-6-18(13-16)31-23(24,25)26)20(22(27)30)14(2)28(19)12-11-15-7-9-17(29)10-8-15/h4-10,13,29H,3,11-12H2,1-2H3,(H2,27,30). The minimum atomic E-state index is -4.81. The van der Waals surface area contributed by atoms with Crippen molar-refractivity contribution in [2.24, 2.45) is 5.73 Å². The molecule has 3 aromatic rings. The average Bonchev–Trinajstić information content (AvgIpc) is 2.98. The fourth-order valence-corrected chi connectivity index (χ4v) is 3.83. The number of nitrogens with zero attached hydrogens (tertiary/aromatic N) is 1. The maximum absolute atomic E-state index is 12.7. The van der Waals surface area contributed by atoms with Crippen molar-refractivity contribution >= 4 is 5.91 Å². The van der Waals surface area contributed by atoms with E-state index in [0.29, 0.717) is 36.2 Å². The molecule has 0 atom stereocenters. The van der Waals surface area contributed by atoms with E-state index in [0.717, 1.165) is 11.3 Å². The molecule has 31 heavy (non-hydrogen) atoms. The highest BCUT2D eigenvalue weighted by atomic mass is 19.4. The van der Waals surface area contributed by atoms with Crippen LogP contribution < -0.4 is 10.5 Å². The number of amides is 1. The van der Waals surface area contributed by atoms with Gasteiger partial charge in [0.15, 0.2) is 0 Å². The molecule has 164 valence electrons. The lowest BCUT2D eigenvalue weighted by atomic mass is 9.98. The highest BCUT2D eigenvalue weighted by Gasteiger charge is 2.31. The largest absolute Gasteiger partial charge is 0.573 e. The number of hydrogen-bond donors (Lipinski definition) is 2. The van der Waals surface area contributed by atoms with Gasteiger partial charge in [-0.05, 0) is 55.2 Å². The van der Waals surface area contributed by atoms with Gasteiger partial charge < -0.3 is 20.1 Å². The molecule has 0 unspecified atom stereocenters. The number of aromatic nitrogens is 1. The predicted octanol–water partition coefficient (Wildman–Crippen LogP) is 4.97. The number of alkyl halides is 3. The number of carbonyl (C=O) groups is 1. The number of halogens is 3. The molecule has 0 fully saturated rings. The topological polar surface area (TPSA) is 77.5 Å². The van der Waals surface area contributed by atoms with Gasteiger partial charge in [0.05, 0.1) is 5.56 Å². The van der Waals surface area contributed by atoms with E-state index < -0.39 is 12.3 Å². The lowest BCUT2D eigenvalue weighted by Crippen LogP contribution is -2.17. The number of rotatable bonds is 7. The van der Waals surface area contributed by atoms with Crippen molar-refractivity contribution in [1.82, 2.24) is 4.57 Å². The molecule has 5 nitrogen and oxygen atoms in total. The van der Waals surface area contributed by atoms with E-state index in [-0.39, 0.29) is 17.1 Å². The third-order valence-electron chi connectivity index (χ3n) is 5.13. The lowest BCUT2D eigenvalue weighted by molar-refractivity contribution is -0.274. The Morgan fingerprint density at radius 3 is 2.42 bits per heavy atom. The van der Waals surface area contributed by atoms with E-state index in [4.69, 9.17) is 5.73 Å². The Morgan fingerprint density at radius 1 is 1.16 bits per heavy atom. The Kier molecular flexibility index (Phi) is 6.29. The number of carbonyl (C=O) groups excluding carboxylic acids is 1. The molecule has 0 spiro atoms. The summed E-state index contributed by atoms with van der Waals surface area (Å²) < 4.78 is 44.0. The molecule has 0 saturated heterocycles. The Labute approximate surface area is 177 Å². The maximum Gasteiger partial charge on any atom is 0.573 e. The van der Waals surface area contributed by atoms with Gasteiger partial charge in [-0.25, -0.2) is 0 Å². The fourth-order valence-electron chi connectivity index (χ4n) is 3.83. The monoisotopic (exact) mass is 432 g/mol. The van der Waals surface area contributed by atoms with Crippen LogP contribution in [0.15, 0.2) is 48.5 Å². The van der Waals surface area contributed by atoms with E-state index in [9.17, 15) is 23.1 Å². The highest BCUT2D eigenvalue weighted by molar-refractivity contribution is 6.02. The van der Waals surface area contributed by atoms with Crippen molar-refractivity contribution in [1.29, 1.82) is 0 Å². The van der Waals surface area contributed by atoms with E-state index in [1.807, 2.05) is 23.6 Å². The SMILES string of the molecule is CCc1c(-c2cccc(OC(F)(F)F)c2)c(C(N)=O)c(C)n1CCc1ccc(O)cc1. The summed E-state index contributed by atoms with van der Waals surface area (Å²) >= 11 is 0. The van der Waals surface area contributed by atoms with Gasteiger partial charge in [0.1, 0.15) is 11.5 Å². The second-order valence-electron chi connectivity index (χ2n) is 7.14. The van der Waals surface area contributed by atoms with Gasteiger partial charge in [-0.1, -0.05) is 31.2 Å². The van der Waals surface area contributed by atoms with Gasteiger partial charge in [-0.3, -0.25) is 4.79 Å². The zero-order chi connectivity index (χ0) is 22.8. The fraction of sp³-hybridized carbons (Fsp3) is 0.261. The Bertz CT molecular complexity index is 1090. The van der Waals surface area contributed by atoms with E-state index in [1.165, 1.54) is 18.2 Å². The minimum absolute atomic E-state index is 0.175. The quantitative estimate of drug-likeness (QED) is 0.553. The molecule has 1 aromatic heterocycles. The van der Waals surface area contributed by atoms with Crippen LogP contribution in [0.1, 0.15) is 34.2 Å². The number of phenols is 1.